The van der Waals surface area contributed by atoms with E-state index in [1.54, 1.807) is 11.6 Å². The fourth-order valence-corrected chi connectivity index (χ4v) is 2.92. The molecule has 1 unspecified atom stereocenters. The lowest BCUT2D eigenvalue weighted by molar-refractivity contribution is -0.131. The molecule has 1 aromatic rings. The number of amides is 1. The van der Waals surface area contributed by atoms with Gasteiger partial charge in [-0.1, -0.05) is 12.2 Å². The Bertz CT molecular complexity index is 662. The van der Waals surface area contributed by atoms with Crippen LogP contribution >= 0.6 is 0 Å². The lowest BCUT2D eigenvalue weighted by Gasteiger charge is -2.23. The molecule has 2 aliphatic heterocycles. The van der Waals surface area contributed by atoms with Crippen molar-refractivity contribution >= 4 is 5.91 Å². The maximum absolute atomic E-state index is 12.4. The molecular weight excluding hydrogens is 268 g/mol. The first-order chi connectivity index (χ1) is 10.1. The van der Waals surface area contributed by atoms with Crippen molar-refractivity contribution in [1.29, 1.82) is 0 Å². The van der Waals surface area contributed by atoms with Crippen LogP contribution in [0.3, 0.4) is 0 Å². The van der Waals surface area contributed by atoms with E-state index in [0.717, 1.165) is 23.6 Å². The van der Waals surface area contributed by atoms with Crippen LogP contribution in [0.1, 0.15) is 17.1 Å². The Hall–Kier alpha value is -1.95. The van der Waals surface area contributed by atoms with Crippen LogP contribution in [0.2, 0.25) is 0 Å². The fraction of sp³-hybridized carbons (Fsp3) is 0.533. The van der Waals surface area contributed by atoms with E-state index in [1.165, 1.54) is 0 Å². The van der Waals surface area contributed by atoms with Gasteiger partial charge >= 0.3 is 0 Å². The maximum Gasteiger partial charge on any atom is 0.256 e. The average Bonchev–Trinajstić information content (AvgIpc) is 2.92. The first kappa shape index (κ1) is 14.0. The fourth-order valence-electron chi connectivity index (χ4n) is 2.92. The molecule has 0 bridgehead atoms. The van der Waals surface area contributed by atoms with Gasteiger partial charge < -0.3 is 4.90 Å². The van der Waals surface area contributed by atoms with Crippen molar-refractivity contribution in [1.82, 2.24) is 19.8 Å². The van der Waals surface area contributed by atoms with Crippen molar-refractivity contribution in [3.05, 3.63) is 39.6 Å². The number of hydrogen-bond acceptors (Lipinski definition) is 4. The van der Waals surface area contributed by atoms with E-state index in [-0.39, 0.29) is 17.5 Å². The summed E-state index contributed by atoms with van der Waals surface area (Å²) < 4.78 is 1.58. The van der Waals surface area contributed by atoms with Gasteiger partial charge in [-0.25, -0.2) is 4.98 Å². The van der Waals surface area contributed by atoms with E-state index in [4.69, 9.17) is 0 Å². The van der Waals surface area contributed by atoms with Gasteiger partial charge in [-0.3, -0.25) is 19.5 Å². The molecule has 2 aliphatic rings. The van der Waals surface area contributed by atoms with Crippen LogP contribution in [0.4, 0.5) is 0 Å². The molecule has 0 spiro atoms. The van der Waals surface area contributed by atoms with Gasteiger partial charge in [-0.2, -0.15) is 0 Å². The minimum Gasteiger partial charge on any atom is -0.340 e. The summed E-state index contributed by atoms with van der Waals surface area (Å²) >= 11 is 0. The van der Waals surface area contributed by atoms with E-state index in [2.05, 4.69) is 10.3 Å². The predicted molar refractivity (Wildman–Crippen MR) is 79.1 cm³/mol. The van der Waals surface area contributed by atoms with Gasteiger partial charge in [0.15, 0.2) is 0 Å². The third kappa shape index (κ3) is 2.51. The van der Waals surface area contributed by atoms with Gasteiger partial charge in [0.05, 0.1) is 5.69 Å². The van der Waals surface area contributed by atoms with Gasteiger partial charge in [0.2, 0.25) is 5.91 Å². The molecule has 0 saturated heterocycles. The molecule has 0 aromatic carbocycles. The second-order valence-corrected chi connectivity index (χ2v) is 5.59. The zero-order valence-electron chi connectivity index (χ0n) is 12.4. The molecule has 6 nitrogen and oxygen atoms in total. The molecule has 6 heteroatoms. The number of carbonyl (C=O) groups excluding carboxylic acids is 1. The molecule has 0 aliphatic carbocycles. The van der Waals surface area contributed by atoms with Crippen LogP contribution < -0.4 is 10.9 Å². The number of fused-ring (bicyclic) bond motifs is 1. The van der Waals surface area contributed by atoms with Gasteiger partial charge in [0.25, 0.3) is 5.56 Å². The predicted octanol–water partition coefficient (Wildman–Crippen LogP) is -0.456. The SMILES string of the molecule is Cc1nc2c(c(=O)n1C)CCN(C(=O)C1C=CCN1)CC2. The number of carbonyl (C=O) groups is 1. The Labute approximate surface area is 123 Å². The van der Waals surface area contributed by atoms with Crippen LogP contribution in [0, 0.1) is 6.92 Å². The molecule has 3 rings (SSSR count). The number of aryl methyl sites for hydroxylation is 1. The van der Waals surface area contributed by atoms with Crippen molar-refractivity contribution in [2.24, 2.45) is 7.05 Å². The van der Waals surface area contributed by atoms with E-state index in [0.29, 0.717) is 25.9 Å². The Kier molecular flexibility index (Phi) is 3.63. The molecule has 21 heavy (non-hydrogen) atoms. The highest BCUT2D eigenvalue weighted by atomic mass is 16.2. The standard InChI is InChI=1S/C15H20N4O2/c1-10-17-12-6-9-19(15(21)13-4-3-7-16-13)8-5-11(12)14(20)18(10)2/h3-4,13,16H,5-9H2,1-2H3. The first-order valence-electron chi connectivity index (χ1n) is 7.32. The third-order valence-corrected chi connectivity index (χ3v) is 4.31. The maximum atomic E-state index is 12.4. The summed E-state index contributed by atoms with van der Waals surface area (Å²) in [6, 6.07) is -0.219. The number of aromatic nitrogens is 2. The third-order valence-electron chi connectivity index (χ3n) is 4.31. The summed E-state index contributed by atoms with van der Waals surface area (Å²) in [7, 11) is 1.74. The van der Waals surface area contributed by atoms with Crippen molar-refractivity contribution in [3.63, 3.8) is 0 Å². The monoisotopic (exact) mass is 288 g/mol. The van der Waals surface area contributed by atoms with E-state index >= 15 is 0 Å². The second-order valence-electron chi connectivity index (χ2n) is 5.59. The van der Waals surface area contributed by atoms with Crippen molar-refractivity contribution < 1.29 is 4.79 Å². The molecule has 1 N–H and O–H groups in total. The summed E-state index contributed by atoms with van der Waals surface area (Å²) in [6.45, 7) is 3.78. The zero-order chi connectivity index (χ0) is 15.0. The van der Waals surface area contributed by atoms with E-state index < -0.39 is 0 Å². The van der Waals surface area contributed by atoms with Crippen LogP contribution in [0.5, 0.6) is 0 Å². The zero-order valence-corrected chi connectivity index (χ0v) is 12.4. The lowest BCUT2D eigenvalue weighted by atomic mass is 10.1. The average molecular weight is 288 g/mol. The molecule has 0 radical (unpaired) electrons. The van der Waals surface area contributed by atoms with E-state index in [9.17, 15) is 9.59 Å². The number of nitrogens with zero attached hydrogens (tertiary/aromatic N) is 3. The molecule has 1 atom stereocenters. The number of nitrogens with one attached hydrogen (secondary N) is 1. The summed E-state index contributed by atoms with van der Waals surface area (Å²) in [5.41, 5.74) is 1.62. The Morgan fingerprint density at radius 1 is 1.38 bits per heavy atom. The van der Waals surface area contributed by atoms with Gasteiger partial charge in [-0.05, 0) is 13.3 Å². The normalized spacial score (nSPS) is 21.2. The molecule has 1 aromatic heterocycles. The van der Waals surface area contributed by atoms with Crippen LogP contribution in [-0.4, -0.2) is 46.0 Å². The van der Waals surface area contributed by atoms with Crippen LogP contribution in [-0.2, 0) is 24.7 Å². The van der Waals surface area contributed by atoms with Crippen molar-refractivity contribution in [3.8, 4) is 0 Å². The molecule has 3 heterocycles. The first-order valence-corrected chi connectivity index (χ1v) is 7.32. The van der Waals surface area contributed by atoms with Crippen molar-refractivity contribution in [2.75, 3.05) is 19.6 Å². The molecular formula is C15H20N4O2. The summed E-state index contributed by atoms with van der Waals surface area (Å²) in [6.07, 6.45) is 5.10. The lowest BCUT2D eigenvalue weighted by Crippen LogP contribution is -2.44. The Morgan fingerprint density at radius 3 is 2.86 bits per heavy atom. The van der Waals surface area contributed by atoms with E-state index in [1.807, 2.05) is 24.0 Å². The van der Waals surface area contributed by atoms with Gasteiger partial charge in [-0.15, -0.1) is 0 Å². The molecule has 112 valence electrons. The van der Waals surface area contributed by atoms with Gasteiger partial charge in [0.1, 0.15) is 11.9 Å². The Morgan fingerprint density at radius 2 is 2.14 bits per heavy atom. The number of rotatable bonds is 1. The largest absolute Gasteiger partial charge is 0.340 e. The minimum atomic E-state index is -0.219. The molecule has 1 amide bonds. The van der Waals surface area contributed by atoms with Gasteiger partial charge in [0, 0.05) is 38.7 Å². The summed E-state index contributed by atoms with van der Waals surface area (Å²) in [5.74, 6) is 0.809. The number of hydrogen-bond donors (Lipinski definition) is 1. The Balaban J connectivity index is 1.82. The molecule has 0 saturated carbocycles. The topological polar surface area (TPSA) is 67.2 Å². The second kappa shape index (κ2) is 5.44. The highest BCUT2D eigenvalue weighted by Crippen LogP contribution is 2.13. The minimum absolute atomic E-state index is 0.0192. The molecule has 0 fully saturated rings. The van der Waals surface area contributed by atoms with Crippen LogP contribution in [0.25, 0.3) is 0 Å². The summed E-state index contributed by atoms with van der Waals surface area (Å²) in [5, 5.41) is 3.14. The summed E-state index contributed by atoms with van der Waals surface area (Å²) in [4.78, 5) is 31.1. The highest BCUT2D eigenvalue weighted by molar-refractivity contribution is 5.84. The van der Waals surface area contributed by atoms with Crippen LogP contribution in [0.15, 0.2) is 16.9 Å². The highest BCUT2D eigenvalue weighted by Gasteiger charge is 2.27. The van der Waals surface area contributed by atoms with Crippen molar-refractivity contribution in [2.45, 2.75) is 25.8 Å². The smallest absolute Gasteiger partial charge is 0.256 e. The quantitative estimate of drug-likeness (QED) is 0.710.